The molecular weight excluding hydrogens is 208 g/mol. The van der Waals surface area contributed by atoms with Gasteiger partial charge in [0, 0.05) is 12.3 Å². The first-order chi connectivity index (χ1) is 5.04. The second kappa shape index (κ2) is 2.07. The molecule has 2 aliphatic rings. The van der Waals surface area contributed by atoms with E-state index in [1.54, 1.807) is 0 Å². The molecule has 0 heterocycles. The average molecular weight is 219 g/mol. The van der Waals surface area contributed by atoms with Crippen molar-refractivity contribution < 1.29 is 9.90 Å². The lowest BCUT2D eigenvalue weighted by Crippen LogP contribution is -2.45. The SMILES string of the molecule is C[C@@]12CC(=O)[C@@H]1[C@@H](Br)[C@H](O)C2. The number of Topliss-reactive ketones (excluding diaryl/α,β-unsaturated/α-hetero) is 1. The second-order valence-electron chi connectivity index (χ2n) is 3.99. The van der Waals surface area contributed by atoms with Crippen LogP contribution >= 0.6 is 15.9 Å². The van der Waals surface area contributed by atoms with Gasteiger partial charge in [-0.15, -0.1) is 0 Å². The highest BCUT2D eigenvalue weighted by atomic mass is 79.9. The fraction of sp³-hybridized carbons (Fsp3) is 0.875. The summed E-state index contributed by atoms with van der Waals surface area (Å²) in [6, 6.07) is 0. The standard InChI is InChI=1S/C8H11BrO2/c1-8-2-4(10)6(8)7(9)5(11)3-8/h5-7,11H,2-3H2,1H3/t5-,6-,7+,8+/m1/s1. The summed E-state index contributed by atoms with van der Waals surface area (Å²) in [5.74, 6) is 0.392. The smallest absolute Gasteiger partial charge is 0.138 e. The molecule has 4 atom stereocenters. The third kappa shape index (κ3) is 0.842. The maximum Gasteiger partial charge on any atom is 0.138 e. The van der Waals surface area contributed by atoms with Crippen LogP contribution in [0, 0.1) is 11.3 Å². The highest BCUT2D eigenvalue weighted by Gasteiger charge is 2.60. The lowest BCUT2D eigenvalue weighted by atomic mass is 9.62. The van der Waals surface area contributed by atoms with Crippen LogP contribution < -0.4 is 0 Å². The van der Waals surface area contributed by atoms with Crippen LogP contribution in [0.15, 0.2) is 0 Å². The molecule has 3 heteroatoms. The third-order valence-electron chi connectivity index (χ3n) is 3.04. The first-order valence-electron chi connectivity index (χ1n) is 3.89. The van der Waals surface area contributed by atoms with E-state index >= 15 is 0 Å². The number of ketones is 1. The normalized spacial score (nSPS) is 55.5. The van der Waals surface area contributed by atoms with E-state index in [2.05, 4.69) is 22.9 Å². The van der Waals surface area contributed by atoms with Crippen LogP contribution in [0.3, 0.4) is 0 Å². The van der Waals surface area contributed by atoms with Gasteiger partial charge in [0.2, 0.25) is 0 Å². The molecule has 0 aromatic carbocycles. The number of alkyl halides is 1. The van der Waals surface area contributed by atoms with Gasteiger partial charge < -0.3 is 5.11 Å². The maximum atomic E-state index is 11.1. The van der Waals surface area contributed by atoms with Gasteiger partial charge in [-0.1, -0.05) is 22.9 Å². The van der Waals surface area contributed by atoms with Crippen LogP contribution in [0.2, 0.25) is 0 Å². The van der Waals surface area contributed by atoms with Gasteiger partial charge >= 0.3 is 0 Å². The van der Waals surface area contributed by atoms with Gasteiger partial charge in [-0.2, -0.15) is 0 Å². The van der Waals surface area contributed by atoms with E-state index in [4.69, 9.17) is 0 Å². The number of aliphatic hydroxyl groups is 1. The Balaban J connectivity index is 2.25. The number of carbonyl (C=O) groups excluding carboxylic acids is 1. The molecule has 0 unspecified atom stereocenters. The van der Waals surface area contributed by atoms with Crippen molar-refractivity contribution in [3.05, 3.63) is 0 Å². The van der Waals surface area contributed by atoms with Crippen molar-refractivity contribution in [3.63, 3.8) is 0 Å². The van der Waals surface area contributed by atoms with Crippen LogP contribution in [0.5, 0.6) is 0 Å². The molecule has 2 fully saturated rings. The van der Waals surface area contributed by atoms with E-state index in [1.165, 1.54) is 0 Å². The summed E-state index contributed by atoms with van der Waals surface area (Å²) >= 11 is 3.37. The molecular formula is C8H11BrO2. The molecule has 62 valence electrons. The molecule has 1 N–H and O–H groups in total. The number of hydrogen-bond acceptors (Lipinski definition) is 2. The van der Waals surface area contributed by atoms with E-state index in [9.17, 15) is 9.90 Å². The van der Waals surface area contributed by atoms with Gasteiger partial charge in [-0.05, 0) is 11.8 Å². The Kier molecular flexibility index (Phi) is 1.46. The highest BCUT2D eigenvalue weighted by molar-refractivity contribution is 9.09. The van der Waals surface area contributed by atoms with Crippen molar-refractivity contribution in [2.24, 2.45) is 11.3 Å². The Morgan fingerprint density at radius 2 is 2.36 bits per heavy atom. The number of hydrogen-bond donors (Lipinski definition) is 1. The van der Waals surface area contributed by atoms with Crippen LogP contribution in [0.1, 0.15) is 19.8 Å². The topological polar surface area (TPSA) is 37.3 Å². The number of rotatable bonds is 0. The highest BCUT2D eigenvalue weighted by Crippen LogP contribution is 2.56. The van der Waals surface area contributed by atoms with Gasteiger partial charge in [-0.25, -0.2) is 0 Å². The predicted molar refractivity (Wildman–Crippen MR) is 44.6 cm³/mol. The summed E-state index contributed by atoms with van der Waals surface area (Å²) in [6.07, 6.45) is 1.12. The molecule has 2 nitrogen and oxygen atoms in total. The van der Waals surface area contributed by atoms with Crippen LogP contribution in [-0.2, 0) is 4.79 Å². The molecule has 0 saturated heterocycles. The molecule has 0 spiro atoms. The molecule has 0 aromatic rings. The van der Waals surface area contributed by atoms with Gasteiger partial charge in [0.25, 0.3) is 0 Å². The van der Waals surface area contributed by atoms with Crippen molar-refractivity contribution in [1.29, 1.82) is 0 Å². The van der Waals surface area contributed by atoms with Gasteiger partial charge in [0.1, 0.15) is 5.78 Å². The number of fused-ring (bicyclic) bond motifs is 1. The number of aliphatic hydroxyl groups excluding tert-OH is 1. The zero-order valence-corrected chi connectivity index (χ0v) is 7.97. The third-order valence-corrected chi connectivity index (χ3v) is 4.18. The first-order valence-corrected chi connectivity index (χ1v) is 4.81. The number of halogens is 1. The molecule has 2 saturated carbocycles. The van der Waals surface area contributed by atoms with Crippen LogP contribution in [0.25, 0.3) is 0 Å². The zero-order valence-electron chi connectivity index (χ0n) is 6.38. The minimum Gasteiger partial charge on any atom is -0.392 e. The Hall–Kier alpha value is 0.110. The van der Waals surface area contributed by atoms with E-state index < -0.39 is 0 Å². The van der Waals surface area contributed by atoms with Crippen molar-refractivity contribution >= 4 is 21.7 Å². The maximum absolute atomic E-state index is 11.1. The molecule has 0 aliphatic heterocycles. The molecule has 2 rings (SSSR count). The molecule has 0 bridgehead atoms. The molecule has 11 heavy (non-hydrogen) atoms. The molecule has 0 radical (unpaired) electrons. The Labute approximate surface area is 74.1 Å². The van der Waals surface area contributed by atoms with E-state index in [0.29, 0.717) is 12.2 Å². The minimum absolute atomic E-state index is 0.00810. The Bertz CT molecular complexity index is 216. The second-order valence-corrected chi connectivity index (χ2v) is 5.05. The summed E-state index contributed by atoms with van der Waals surface area (Å²) in [7, 11) is 0. The lowest BCUT2D eigenvalue weighted by Gasteiger charge is -2.40. The van der Waals surface area contributed by atoms with Gasteiger partial charge in [-0.3, -0.25) is 4.79 Å². The molecule has 2 aliphatic carbocycles. The molecule has 0 amide bonds. The minimum atomic E-state index is -0.323. The van der Waals surface area contributed by atoms with Gasteiger partial charge in [0.15, 0.2) is 0 Å². The van der Waals surface area contributed by atoms with Crippen molar-refractivity contribution in [2.75, 3.05) is 0 Å². The first kappa shape index (κ1) is 7.74. The quantitative estimate of drug-likeness (QED) is 0.619. The van der Waals surface area contributed by atoms with Crippen molar-refractivity contribution in [3.8, 4) is 0 Å². The van der Waals surface area contributed by atoms with Gasteiger partial charge in [0.05, 0.1) is 10.9 Å². The largest absolute Gasteiger partial charge is 0.392 e. The average Bonchev–Trinajstić information content (AvgIpc) is 2.00. The van der Waals surface area contributed by atoms with Crippen LogP contribution in [-0.4, -0.2) is 21.8 Å². The Morgan fingerprint density at radius 3 is 2.73 bits per heavy atom. The Morgan fingerprint density at radius 1 is 1.73 bits per heavy atom. The summed E-state index contributed by atoms with van der Waals surface area (Å²) in [6.45, 7) is 2.09. The fourth-order valence-electron chi connectivity index (χ4n) is 2.45. The van der Waals surface area contributed by atoms with Crippen molar-refractivity contribution in [1.82, 2.24) is 0 Å². The van der Waals surface area contributed by atoms with E-state index in [-0.39, 0.29) is 22.3 Å². The summed E-state index contributed by atoms with van der Waals surface area (Å²) < 4.78 is 0. The van der Waals surface area contributed by atoms with E-state index in [0.717, 1.165) is 6.42 Å². The zero-order chi connectivity index (χ0) is 8.22. The fourth-order valence-corrected chi connectivity index (χ4v) is 3.57. The predicted octanol–water partition coefficient (Wildman–Crippen LogP) is 1.11. The summed E-state index contributed by atoms with van der Waals surface area (Å²) in [4.78, 5) is 11.1. The lowest BCUT2D eigenvalue weighted by molar-refractivity contribution is -0.138. The summed E-state index contributed by atoms with van der Waals surface area (Å²) in [5.41, 5.74) is 0.102. The number of carbonyl (C=O) groups is 1. The summed E-state index contributed by atoms with van der Waals surface area (Å²) in [5, 5.41) is 9.46. The van der Waals surface area contributed by atoms with E-state index in [1.807, 2.05) is 0 Å². The van der Waals surface area contributed by atoms with Crippen LogP contribution in [0.4, 0.5) is 0 Å². The van der Waals surface area contributed by atoms with Crippen molar-refractivity contribution in [2.45, 2.75) is 30.7 Å². The molecule has 0 aromatic heterocycles. The monoisotopic (exact) mass is 218 g/mol.